The highest BCUT2D eigenvalue weighted by Crippen LogP contribution is 2.63. The molecule has 58 valence electrons. The van der Waals surface area contributed by atoms with Crippen molar-refractivity contribution >= 4 is 7.92 Å². The first-order valence-electron chi connectivity index (χ1n) is 4.40. The Morgan fingerprint density at radius 2 is 1.80 bits per heavy atom. The highest BCUT2D eigenvalue weighted by atomic mass is 31.1. The molecule has 2 aliphatic rings. The molecule has 0 aromatic carbocycles. The summed E-state index contributed by atoms with van der Waals surface area (Å²) in [6.45, 7) is 4.95. The van der Waals surface area contributed by atoms with Crippen molar-refractivity contribution < 1.29 is 0 Å². The van der Waals surface area contributed by atoms with Gasteiger partial charge in [0.05, 0.1) is 0 Å². The van der Waals surface area contributed by atoms with Crippen molar-refractivity contribution in [3.8, 4) is 0 Å². The molecule has 0 spiro atoms. The third-order valence-corrected chi connectivity index (χ3v) is 6.18. The minimum atomic E-state index is 0.356. The second kappa shape index (κ2) is 2.21. The minimum Gasteiger partial charge on any atom is -0.107 e. The third-order valence-electron chi connectivity index (χ3n) is 3.65. The molecule has 0 atom stereocenters. The molecular weight excluding hydrogens is 139 g/mol. The van der Waals surface area contributed by atoms with Gasteiger partial charge in [0.15, 0.2) is 0 Å². The maximum Gasteiger partial charge on any atom is -0.00965 e. The first-order chi connectivity index (χ1) is 4.73. The Hall–Kier alpha value is 0.430. The number of hydrogen-bond donors (Lipinski definition) is 0. The standard InChI is InChI=1S/C9H17P/c1-10(2)9-5-3-8(7-9)4-6-9/h8H,3-7H2,1-2H3. The fourth-order valence-electron chi connectivity index (χ4n) is 2.79. The zero-order valence-corrected chi connectivity index (χ0v) is 7.95. The monoisotopic (exact) mass is 156 g/mol. The average Bonchev–Trinajstić information content (AvgIpc) is 2.45. The van der Waals surface area contributed by atoms with Crippen LogP contribution in [0.15, 0.2) is 0 Å². The molecule has 2 saturated carbocycles. The van der Waals surface area contributed by atoms with Gasteiger partial charge < -0.3 is 0 Å². The SMILES string of the molecule is CP(C)C12CCC(CC1)C2. The molecule has 2 fully saturated rings. The molecule has 0 heterocycles. The van der Waals surface area contributed by atoms with Gasteiger partial charge in [0.1, 0.15) is 0 Å². The predicted octanol–water partition coefficient (Wildman–Crippen LogP) is 3.06. The van der Waals surface area contributed by atoms with Crippen LogP contribution in [0.3, 0.4) is 0 Å². The van der Waals surface area contributed by atoms with Crippen LogP contribution in [0.1, 0.15) is 32.1 Å². The van der Waals surface area contributed by atoms with E-state index in [1.807, 2.05) is 0 Å². The van der Waals surface area contributed by atoms with E-state index in [0.717, 1.165) is 11.1 Å². The molecule has 2 bridgehead atoms. The lowest BCUT2D eigenvalue weighted by molar-refractivity contribution is 0.497. The lowest BCUT2D eigenvalue weighted by Gasteiger charge is -2.31. The van der Waals surface area contributed by atoms with Crippen LogP contribution in [0.4, 0.5) is 0 Å². The Kier molecular flexibility index (Phi) is 1.57. The van der Waals surface area contributed by atoms with Crippen LogP contribution < -0.4 is 0 Å². The van der Waals surface area contributed by atoms with Gasteiger partial charge in [0.25, 0.3) is 0 Å². The van der Waals surface area contributed by atoms with E-state index in [9.17, 15) is 0 Å². The molecule has 2 rings (SSSR count). The summed E-state index contributed by atoms with van der Waals surface area (Å²) >= 11 is 0. The number of hydrogen-bond acceptors (Lipinski definition) is 0. The summed E-state index contributed by atoms with van der Waals surface area (Å²) in [6.07, 6.45) is 7.83. The van der Waals surface area contributed by atoms with Crippen LogP contribution >= 0.6 is 7.92 Å². The highest BCUT2D eigenvalue weighted by Gasteiger charge is 2.46. The first-order valence-corrected chi connectivity index (χ1v) is 6.64. The van der Waals surface area contributed by atoms with Crippen molar-refractivity contribution in [2.45, 2.75) is 37.3 Å². The van der Waals surface area contributed by atoms with E-state index in [-0.39, 0.29) is 0 Å². The molecule has 1 heteroatoms. The van der Waals surface area contributed by atoms with Crippen molar-refractivity contribution in [2.75, 3.05) is 13.3 Å². The summed E-state index contributed by atoms with van der Waals surface area (Å²) in [5, 5.41) is 0.875. The predicted molar refractivity (Wildman–Crippen MR) is 48.1 cm³/mol. The van der Waals surface area contributed by atoms with Crippen molar-refractivity contribution in [2.24, 2.45) is 5.92 Å². The zero-order valence-electron chi connectivity index (χ0n) is 7.06. The Balaban J connectivity index is 2.15. The largest absolute Gasteiger partial charge is 0.107 e. The summed E-state index contributed by atoms with van der Waals surface area (Å²) < 4.78 is 0. The normalized spacial score (nSPS) is 45.3. The zero-order chi connectivity index (χ0) is 7.19. The van der Waals surface area contributed by atoms with Crippen LogP contribution in [-0.2, 0) is 0 Å². The quantitative estimate of drug-likeness (QED) is 0.512. The second-order valence-electron chi connectivity index (χ2n) is 4.27. The van der Waals surface area contributed by atoms with E-state index in [1.54, 1.807) is 32.1 Å². The van der Waals surface area contributed by atoms with Crippen molar-refractivity contribution in [3.05, 3.63) is 0 Å². The molecule has 0 aromatic heterocycles. The van der Waals surface area contributed by atoms with Gasteiger partial charge in [-0.25, -0.2) is 0 Å². The van der Waals surface area contributed by atoms with Gasteiger partial charge >= 0.3 is 0 Å². The molecule has 2 aliphatic carbocycles. The van der Waals surface area contributed by atoms with E-state index < -0.39 is 0 Å². The maximum absolute atomic E-state index is 2.48. The van der Waals surface area contributed by atoms with Gasteiger partial charge in [0, 0.05) is 0 Å². The van der Waals surface area contributed by atoms with Gasteiger partial charge in [-0.1, -0.05) is 0 Å². The Morgan fingerprint density at radius 3 is 2.00 bits per heavy atom. The maximum atomic E-state index is 2.48. The van der Waals surface area contributed by atoms with Gasteiger partial charge in [-0.05, 0) is 56.5 Å². The van der Waals surface area contributed by atoms with Crippen LogP contribution in [0.25, 0.3) is 0 Å². The molecule has 0 aromatic rings. The molecular formula is C9H17P. The third kappa shape index (κ3) is 0.848. The van der Waals surface area contributed by atoms with Crippen LogP contribution in [0.5, 0.6) is 0 Å². The van der Waals surface area contributed by atoms with E-state index in [1.165, 1.54) is 0 Å². The smallest absolute Gasteiger partial charge is 0.00965 e. The number of rotatable bonds is 1. The molecule has 10 heavy (non-hydrogen) atoms. The van der Waals surface area contributed by atoms with E-state index in [4.69, 9.17) is 0 Å². The van der Waals surface area contributed by atoms with Gasteiger partial charge in [-0.2, -0.15) is 0 Å². The van der Waals surface area contributed by atoms with Gasteiger partial charge in [0.2, 0.25) is 0 Å². The van der Waals surface area contributed by atoms with E-state index in [2.05, 4.69) is 13.3 Å². The van der Waals surface area contributed by atoms with Gasteiger partial charge in [-0.15, -0.1) is 7.92 Å². The summed E-state index contributed by atoms with van der Waals surface area (Å²) in [7, 11) is 0.356. The van der Waals surface area contributed by atoms with Crippen LogP contribution in [0, 0.1) is 5.92 Å². The second-order valence-corrected chi connectivity index (χ2v) is 7.00. The van der Waals surface area contributed by atoms with Gasteiger partial charge in [-0.3, -0.25) is 0 Å². The topological polar surface area (TPSA) is 0 Å². The fourth-order valence-corrected chi connectivity index (χ4v) is 4.57. The van der Waals surface area contributed by atoms with Crippen molar-refractivity contribution in [3.63, 3.8) is 0 Å². The van der Waals surface area contributed by atoms with Crippen LogP contribution in [-0.4, -0.2) is 18.5 Å². The Morgan fingerprint density at radius 1 is 1.20 bits per heavy atom. The average molecular weight is 156 g/mol. The number of fused-ring (bicyclic) bond motifs is 2. The molecule has 0 aliphatic heterocycles. The minimum absolute atomic E-state index is 0.356. The molecule has 0 nitrogen and oxygen atoms in total. The summed E-state index contributed by atoms with van der Waals surface area (Å²) in [4.78, 5) is 0. The van der Waals surface area contributed by atoms with Crippen molar-refractivity contribution in [1.82, 2.24) is 0 Å². The summed E-state index contributed by atoms with van der Waals surface area (Å²) in [6, 6.07) is 0. The summed E-state index contributed by atoms with van der Waals surface area (Å²) in [5.74, 6) is 1.14. The highest BCUT2D eigenvalue weighted by molar-refractivity contribution is 7.57. The first kappa shape index (κ1) is 7.10. The summed E-state index contributed by atoms with van der Waals surface area (Å²) in [5.41, 5.74) is 0. The lowest BCUT2D eigenvalue weighted by Crippen LogP contribution is -2.18. The fraction of sp³-hybridized carbons (Fsp3) is 1.00. The van der Waals surface area contributed by atoms with Crippen LogP contribution in [0.2, 0.25) is 0 Å². The molecule has 0 saturated heterocycles. The Bertz CT molecular complexity index is 132. The lowest BCUT2D eigenvalue weighted by atomic mass is 10.0. The van der Waals surface area contributed by atoms with E-state index >= 15 is 0 Å². The molecule has 0 amide bonds. The van der Waals surface area contributed by atoms with Crippen molar-refractivity contribution in [1.29, 1.82) is 0 Å². The molecule has 0 unspecified atom stereocenters. The Labute approximate surface area is 65.1 Å². The van der Waals surface area contributed by atoms with E-state index in [0.29, 0.717) is 7.92 Å². The molecule has 0 radical (unpaired) electrons. The molecule has 0 N–H and O–H groups in total.